The zero-order chi connectivity index (χ0) is 22.8. The normalized spacial score (nSPS) is 16.6. The average molecular weight is 439 g/mol. The molecule has 2 N–H and O–H groups in total. The van der Waals surface area contributed by atoms with E-state index >= 15 is 0 Å². The van der Waals surface area contributed by atoms with Gasteiger partial charge in [0.15, 0.2) is 11.6 Å². The third-order valence-corrected chi connectivity index (χ3v) is 5.48. The SMILES string of the molecule is Cc1nn(-c2ccccc2)c(C)c1C1C(=O)NCCN1CC(=O)Nc1ccc(F)c(F)c1. The number of para-hydroxylation sites is 1. The Morgan fingerprint density at radius 3 is 2.62 bits per heavy atom. The number of carbonyl (C=O) groups is 2. The number of carbonyl (C=O) groups excluding carboxylic acids is 2. The van der Waals surface area contributed by atoms with Gasteiger partial charge < -0.3 is 10.6 Å². The number of aromatic nitrogens is 2. The Balaban J connectivity index is 1.59. The fourth-order valence-corrected chi connectivity index (χ4v) is 4.03. The molecule has 2 amide bonds. The summed E-state index contributed by atoms with van der Waals surface area (Å²) in [5, 5.41) is 10.0. The second-order valence-electron chi connectivity index (χ2n) is 7.67. The number of piperazine rings is 1. The Morgan fingerprint density at radius 1 is 1.16 bits per heavy atom. The topological polar surface area (TPSA) is 79.3 Å². The summed E-state index contributed by atoms with van der Waals surface area (Å²) in [6, 6.07) is 12.1. The van der Waals surface area contributed by atoms with Crippen LogP contribution in [0.3, 0.4) is 0 Å². The van der Waals surface area contributed by atoms with Crippen molar-refractivity contribution in [1.82, 2.24) is 20.0 Å². The molecule has 0 saturated carbocycles. The molecular formula is C23H23F2N5O2. The molecule has 1 unspecified atom stereocenters. The minimum Gasteiger partial charge on any atom is -0.353 e. The molecule has 0 aliphatic carbocycles. The molecule has 0 spiro atoms. The lowest BCUT2D eigenvalue weighted by molar-refractivity contribution is -0.130. The first-order valence-electron chi connectivity index (χ1n) is 10.2. The van der Waals surface area contributed by atoms with E-state index in [4.69, 9.17) is 0 Å². The fraction of sp³-hybridized carbons (Fsp3) is 0.261. The van der Waals surface area contributed by atoms with Gasteiger partial charge in [-0.25, -0.2) is 13.5 Å². The van der Waals surface area contributed by atoms with E-state index in [1.165, 1.54) is 6.07 Å². The van der Waals surface area contributed by atoms with Gasteiger partial charge in [0.1, 0.15) is 6.04 Å². The quantitative estimate of drug-likeness (QED) is 0.641. The smallest absolute Gasteiger partial charge is 0.242 e. The molecule has 1 aromatic heterocycles. The third kappa shape index (κ3) is 4.24. The highest BCUT2D eigenvalue weighted by atomic mass is 19.2. The maximum atomic E-state index is 13.5. The Morgan fingerprint density at radius 2 is 1.91 bits per heavy atom. The van der Waals surface area contributed by atoms with Crippen LogP contribution in [-0.2, 0) is 9.59 Å². The lowest BCUT2D eigenvalue weighted by Crippen LogP contribution is -2.52. The first kappa shape index (κ1) is 21.6. The molecular weight excluding hydrogens is 416 g/mol. The summed E-state index contributed by atoms with van der Waals surface area (Å²) in [4.78, 5) is 27.3. The molecule has 1 saturated heterocycles. The van der Waals surface area contributed by atoms with Crippen molar-refractivity contribution < 1.29 is 18.4 Å². The second-order valence-corrected chi connectivity index (χ2v) is 7.67. The van der Waals surface area contributed by atoms with Crippen molar-refractivity contribution in [1.29, 1.82) is 0 Å². The number of anilines is 1. The fourth-order valence-electron chi connectivity index (χ4n) is 4.03. The number of benzene rings is 2. The van der Waals surface area contributed by atoms with Crippen molar-refractivity contribution in [3.8, 4) is 5.69 Å². The molecule has 2 heterocycles. The lowest BCUT2D eigenvalue weighted by Gasteiger charge is -2.34. The van der Waals surface area contributed by atoms with Gasteiger partial charge >= 0.3 is 0 Å². The highest BCUT2D eigenvalue weighted by molar-refractivity contribution is 5.93. The number of hydrogen-bond donors (Lipinski definition) is 2. The van der Waals surface area contributed by atoms with Crippen molar-refractivity contribution in [2.75, 3.05) is 25.0 Å². The van der Waals surface area contributed by atoms with Gasteiger partial charge in [-0.2, -0.15) is 5.10 Å². The van der Waals surface area contributed by atoms with Crippen LogP contribution in [0.25, 0.3) is 5.69 Å². The van der Waals surface area contributed by atoms with Gasteiger partial charge in [0, 0.05) is 36.1 Å². The Hall–Kier alpha value is -3.59. The molecule has 9 heteroatoms. The summed E-state index contributed by atoms with van der Waals surface area (Å²) in [6.07, 6.45) is 0. The van der Waals surface area contributed by atoms with Crippen molar-refractivity contribution >= 4 is 17.5 Å². The Labute approximate surface area is 184 Å². The summed E-state index contributed by atoms with van der Waals surface area (Å²) < 4.78 is 28.4. The number of nitrogens with one attached hydrogen (secondary N) is 2. The van der Waals surface area contributed by atoms with Gasteiger partial charge in [-0.15, -0.1) is 0 Å². The lowest BCUT2D eigenvalue weighted by atomic mass is 10.00. The largest absolute Gasteiger partial charge is 0.353 e. The minimum atomic E-state index is -1.04. The number of rotatable bonds is 5. The Kier molecular flexibility index (Phi) is 6.00. The minimum absolute atomic E-state index is 0.0908. The average Bonchev–Trinajstić information content (AvgIpc) is 3.05. The molecule has 2 aromatic carbocycles. The summed E-state index contributed by atoms with van der Waals surface area (Å²) in [5.41, 5.74) is 3.27. The predicted molar refractivity (Wildman–Crippen MR) is 115 cm³/mol. The van der Waals surface area contributed by atoms with Gasteiger partial charge in [0.05, 0.1) is 17.9 Å². The molecule has 3 aromatic rings. The maximum Gasteiger partial charge on any atom is 0.242 e. The first-order chi connectivity index (χ1) is 15.3. The molecule has 1 aliphatic heterocycles. The molecule has 0 radical (unpaired) electrons. The zero-order valence-electron chi connectivity index (χ0n) is 17.7. The van der Waals surface area contributed by atoms with E-state index in [0.29, 0.717) is 18.8 Å². The van der Waals surface area contributed by atoms with Crippen LogP contribution in [0.15, 0.2) is 48.5 Å². The summed E-state index contributed by atoms with van der Waals surface area (Å²) >= 11 is 0. The Bertz CT molecular complexity index is 1160. The molecule has 1 fully saturated rings. The number of halogens is 2. The third-order valence-electron chi connectivity index (χ3n) is 5.48. The van der Waals surface area contributed by atoms with Gasteiger partial charge in [0.25, 0.3) is 0 Å². The predicted octanol–water partition coefficient (Wildman–Crippen LogP) is 2.88. The van der Waals surface area contributed by atoms with Crippen molar-refractivity contribution in [2.24, 2.45) is 0 Å². The van der Waals surface area contributed by atoms with Crippen LogP contribution in [0.2, 0.25) is 0 Å². The van der Waals surface area contributed by atoms with Crippen LogP contribution in [0, 0.1) is 25.5 Å². The van der Waals surface area contributed by atoms with E-state index in [1.807, 2.05) is 44.2 Å². The van der Waals surface area contributed by atoms with Gasteiger partial charge in [0.2, 0.25) is 11.8 Å². The monoisotopic (exact) mass is 439 g/mol. The molecule has 166 valence electrons. The molecule has 0 bridgehead atoms. The van der Waals surface area contributed by atoms with Crippen LogP contribution < -0.4 is 10.6 Å². The molecule has 4 rings (SSSR count). The highest BCUT2D eigenvalue weighted by Crippen LogP contribution is 2.30. The number of amides is 2. The van der Waals surface area contributed by atoms with Crippen LogP contribution in [0.5, 0.6) is 0 Å². The maximum absolute atomic E-state index is 13.5. The van der Waals surface area contributed by atoms with E-state index in [9.17, 15) is 18.4 Å². The van der Waals surface area contributed by atoms with Crippen LogP contribution in [0.1, 0.15) is 23.0 Å². The van der Waals surface area contributed by atoms with Gasteiger partial charge in [-0.3, -0.25) is 14.5 Å². The van der Waals surface area contributed by atoms with Gasteiger partial charge in [-0.1, -0.05) is 18.2 Å². The number of hydrogen-bond acceptors (Lipinski definition) is 4. The zero-order valence-corrected chi connectivity index (χ0v) is 17.7. The molecule has 7 nitrogen and oxygen atoms in total. The second kappa shape index (κ2) is 8.88. The number of aryl methyl sites for hydroxylation is 1. The first-order valence-corrected chi connectivity index (χ1v) is 10.2. The number of nitrogens with zero attached hydrogens (tertiary/aromatic N) is 3. The molecule has 1 atom stereocenters. The van der Waals surface area contributed by atoms with Crippen molar-refractivity contribution in [3.63, 3.8) is 0 Å². The summed E-state index contributed by atoms with van der Waals surface area (Å²) in [6.45, 7) is 4.50. The van der Waals surface area contributed by atoms with E-state index in [0.717, 1.165) is 29.1 Å². The summed E-state index contributed by atoms with van der Waals surface area (Å²) in [5.74, 6) is -2.67. The van der Waals surface area contributed by atoms with E-state index in [1.54, 1.807) is 9.58 Å². The van der Waals surface area contributed by atoms with E-state index in [2.05, 4.69) is 15.7 Å². The van der Waals surface area contributed by atoms with E-state index < -0.39 is 23.6 Å². The highest BCUT2D eigenvalue weighted by Gasteiger charge is 2.36. The summed E-state index contributed by atoms with van der Waals surface area (Å²) in [7, 11) is 0. The van der Waals surface area contributed by atoms with E-state index in [-0.39, 0.29) is 18.1 Å². The van der Waals surface area contributed by atoms with Crippen LogP contribution in [0.4, 0.5) is 14.5 Å². The van der Waals surface area contributed by atoms with Gasteiger partial charge in [-0.05, 0) is 38.1 Å². The van der Waals surface area contributed by atoms with Crippen molar-refractivity contribution in [3.05, 3.63) is 77.1 Å². The van der Waals surface area contributed by atoms with Crippen molar-refractivity contribution in [2.45, 2.75) is 19.9 Å². The molecule has 1 aliphatic rings. The standard InChI is InChI=1S/C23H23F2N5O2/c1-14-21(15(2)30(28-14)17-6-4-3-5-7-17)22-23(32)26-10-11-29(22)13-20(31)27-16-8-9-18(24)19(25)12-16/h3-9,12,22H,10-11,13H2,1-2H3,(H,26,32)(H,27,31). The van der Waals surface area contributed by atoms with Crippen LogP contribution >= 0.6 is 0 Å². The van der Waals surface area contributed by atoms with Crippen LogP contribution in [-0.4, -0.2) is 46.1 Å². The molecule has 32 heavy (non-hydrogen) atoms.